The van der Waals surface area contributed by atoms with Crippen LogP contribution in [0.5, 0.6) is 0 Å². The van der Waals surface area contributed by atoms with E-state index in [2.05, 4.69) is 192 Å². The third-order valence-corrected chi connectivity index (χ3v) is 16.2. The lowest BCUT2D eigenvalue weighted by atomic mass is 10.1. The third-order valence-electron chi connectivity index (χ3n) is 14.3. The van der Waals surface area contributed by atoms with Crippen LogP contribution >= 0.6 is 15.6 Å². The molecule has 0 aromatic carbocycles. The zero-order valence-corrected chi connectivity index (χ0v) is 63.1. The van der Waals surface area contributed by atoms with E-state index in [-0.39, 0.29) is 25.7 Å². The lowest BCUT2D eigenvalue weighted by molar-refractivity contribution is -0.161. The molecule has 0 bridgehead atoms. The van der Waals surface area contributed by atoms with Crippen molar-refractivity contribution in [1.29, 1.82) is 0 Å². The summed E-state index contributed by atoms with van der Waals surface area (Å²) in [7, 11) is -10.0. The van der Waals surface area contributed by atoms with Crippen LogP contribution in [0, 0.1) is 0 Å². The molecule has 0 spiro atoms. The predicted molar refractivity (Wildman–Crippen MR) is 408 cm³/mol. The highest BCUT2D eigenvalue weighted by atomic mass is 31.2. The fourth-order valence-corrected chi connectivity index (χ4v) is 10.4. The number of phosphoric ester groups is 2. The predicted octanol–water partition coefficient (Wildman–Crippen LogP) is 21.2. The molecule has 100 heavy (non-hydrogen) atoms. The average Bonchev–Trinajstić information content (AvgIpc) is 0.965. The SMILES string of the molecule is CC/C=C\C/C=C\C/C=C\C/C=C\C/C=C\CCCC(=O)OCC(COP(=O)(O)OCC(O)COP(=O)(O)OCC(COC(=O)CCCC/C=C\C/C=C\C/C=C\C/C=C\CC)OC(=O)CCCC/C=C\C/C=C\C/C=C\C/C=C\CC)OC(=O)CCCCCCC/C=C\C/C=C\CCC. The number of ether oxygens (including phenoxy) is 4. The summed E-state index contributed by atoms with van der Waals surface area (Å²) in [5, 5.41) is 10.6. The molecule has 5 atom stereocenters. The quantitative estimate of drug-likeness (QED) is 0.0169. The molecule has 0 amide bonds. The van der Waals surface area contributed by atoms with Crippen molar-refractivity contribution in [3.63, 3.8) is 0 Å². The molecule has 0 aromatic heterocycles. The van der Waals surface area contributed by atoms with Gasteiger partial charge in [-0.3, -0.25) is 37.3 Å². The van der Waals surface area contributed by atoms with E-state index in [1.54, 1.807) is 0 Å². The van der Waals surface area contributed by atoms with Crippen molar-refractivity contribution in [3.05, 3.63) is 182 Å². The molecule has 19 heteroatoms. The highest BCUT2D eigenvalue weighted by molar-refractivity contribution is 7.47. The normalized spacial score (nSPS) is 15.0. The number of rotatable bonds is 67. The molecule has 3 N–H and O–H groups in total. The van der Waals surface area contributed by atoms with Gasteiger partial charge >= 0.3 is 39.5 Å². The van der Waals surface area contributed by atoms with Crippen LogP contribution in [0.4, 0.5) is 0 Å². The van der Waals surface area contributed by atoms with Crippen LogP contribution in [0.3, 0.4) is 0 Å². The molecule has 0 aromatic rings. The molecule has 0 fully saturated rings. The van der Waals surface area contributed by atoms with Crippen molar-refractivity contribution < 1.29 is 80.2 Å². The molecule has 0 heterocycles. The van der Waals surface area contributed by atoms with Crippen LogP contribution in [0.2, 0.25) is 0 Å². The van der Waals surface area contributed by atoms with Crippen molar-refractivity contribution >= 4 is 39.5 Å². The molecule has 564 valence electrons. The number of aliphatic hydroxyl groups is 1. The largest absolute Gasteiger partial charge is 0.472 e. The fourth-order valence-electron chi connectivity index (χ4n) is 8.80. The number of unbranched alkanes of at least 4 members (excludes halogenated alkanes) is 11. The van der Waals surface area contributed by atoms with Gasteiger partial charge in [-0.05, 0) is 167 Å². The maximum atomic E-state index is 13.1. The first-order valence-electron chi connectivity index (χ1n) is 37.0. The third kappa shape index (κ3) is 70.6. The standard InChI is InChI=1S/C81H128O17P2/c1-5-9-13-17-21-25-29-33-36-37-40-43-46-50-54-58-62-66-79(84)92-71-76(97-80(85)67-63-59-55-51-47-41-32-28-24-20-16-12-8-4)73-95-99(87,88)93-69-75(82)70-94-100(89,90)96-74-77(98-81(86)68-64-60-56-52-48-44-39-35-31-27-23-19-15-11-7-3)72-91-78(83)65-61-57-53-49-45-42-38-34-30-26-22-18-14-10-6-2/h9-11,13-16,20-23,25-28,32-36,38-40,43,45,48-50,52,54,75-77,82H,5-8,12,17-19,24,29-31,37,41-42,44,46-47,51,53,55-74H2,1-4H3,(H,87,88)(H,89,90)/b13-9-,14-10-,15-11-,20-16-,25-21-,26-22-,27-23-,32-28-,36-33-,38-34-,39-35-,43-40-,49-45-,52-48-,54-50-. The highest BCUT2D eigenvalue weighted by Gasteiger charge is 2.30. The van der Waals surface area contributed by atoms with Gasteiger partial charge in [0.05, 0.1) is 26.4 Å². The Bertz CT molecular complexity index is 2620. The van der Waals surface area contributed by atoms with Gasteiger partial charge in [-0.25, -0.2) is 9.13 Å². The molecule has 17 nitrogen and oxygen atoms in total. The van der Waals surface area contributed by atoms with Crippen molar-refractivity contribution in [2.45, 2.75) is 264 Å². The summed E-state index contributed by atoms with van der Waals surface area (Å²) in [5.41, 5.74) is 0. The maximum absolute atomic E-state index is 13.1. The van der Waals surface area contributed by atoms with E-state index < -0.39 is 97.5 Å². The van der Waals surface area contributed by atoms with Gasteiger partial charge in [0.15, 0.2) is 12.2 Å². The first-order valence-corrected chi connectivity index (χ1v) is 40.0. The van der Waals surface area contributed by atoms with E-state index in [9.17, 15) is 43.2 Å². The van der Waals surface area contributed by atoms with E-state index >= 15 is 0 Å². The highest BCUT2D eigenvalue weighted by Crippen LogP contribution is 2.45. The van der Waals surface area contributed by atoms with Crippen molar-refractivity contribution in [3.8, 4) is 0 Å². The number of esters is 4. The van der Waals surface area contributed by atoms with Crippen LogP contribution in [-0.2, 0) is 65.4 Å². The zero-order valence-electron chi connectivity index (χ0n) is 61.3. The molecule has 0 aliphatic rings. The average molecular weight is 1440 g/mol. The van der Waals surface area contributed by atoms with Gasteiger partial charge in [-0.15, -0.1) is 0 Å². The number of hydrogen-bond acceptors (Lipinski definition) is 15. The minimum Gasteiger partial charge on any atom is -0.462 e. The molecule has 0 aliphatic heterocycles. The number of carbonyl (C=O) groups excluding carboxylic acids is 4. The van der Waals surface area contributed by atoms with Gasteiger partial charge in [0, 0.05) is 25.7 Å². The lowest BCUT2D eigenvalue weighted by Crippen LogP contribution is -2.30. The molecule has 0 saturated heterocycles. The number of allylic oxidation sites excluding steroid dienone is 30. The van der Waals surface area contributed by atoms with Gasteiger partial charge in [-0.1, -0.05) is 236 Å². The molecular weight excluding hydrogens is 1310 g/mol. The molecule has 0 radical (unpaired) electrons. The van der Waals surface area contributed by atoms with E-state index in [0.29, 0.717) is 38.5 Å². The second kappa shape index (κ2) is 71.6. The number of aliphatic hydroxyl groups excluding tert-OH is 1. The van der Waals surface area contributed by atoms with Crippen LogP contribution in [0.15, 0.2) is 182 Å². The van der Waals surface area contributed by atoms with Crippen molar-refractivity contribution in [2.24, 2.45) is 0 Å². The van der Waals surface area contributed by atoms with Gasteiger partial charge in [-0.2, -0.15) is 0 Å². The Morgan fingerprint density at radius 3 is 0.860 bits per heavy atom. The van der Waals surface area contributed by atoms with E-state index in [0.717, 1.165) is 154 Å². The Labute approximate surface area is 603 Å². The Hall–Kier alpha value is -5.84. The van der Waals surface area contributed by atoms with Gasteiger partial charge in [0.1, 0.15) is 19.3 Å². The Morgan fingerprint density at radius 1 is 0.290 bits per heavy atom. The second-order valence-electron chi connectivity index (χ2n) is 23.7. The summed E-state index contributed by atoms with van der Waals surface area (Å²) in [6, 6.07) is 0. The first-order chi connectivity index (χ1) is 48.7. The summed E-state index contributed by atoms with van der Waals surface area (Å²) >= 11 is 0. The first kappa shape index (κ1) is 94.2. The van der Waals surface area contributed by atoms with Crippen LogP contribution in [0.25, 0.3) is 0 Å². The Balaban J connectivity index is 5.50. The van der Waals surface area contributed by atoms with Crippen molar-refractivity contribution in [1.82, 2.24) is 0 Å². The molecular formula is C81H128O17P2. The number of carbonyl (C=O) groups is 4. The zero-order chi connectivity index (χ0) is 73.2. The van der Waals surface area contributed by atoms with E-state index in [1.807, 2.05) is 18.2 Å². The number of phosphoric acid groups is 2. The number of hydrogen-bond donors (Lipinski definition) is 3. The summed E-state index contributed by atoms with van der Waals surface area (Å²) in [4.78, 5) is 72.8. The lowest BCUT2D eigenvalue weighted by Gasteiger charge is -2.21. The fraction of sp³-hybridized carbons (Fsp3) is 0.580. The smallest absolute Gasteiger partial charge is 0.462 e. The van der Waals surface area contributed by atoms with Crippen LogP contribution < -0.4 is 0 Å². The second-order valence-corrected chi connectivity index (χ2v) is 26.6. The maximum Gasteiger partial charge on any atom is 0.472 e. The molecule has 0 aliphatic carbocycles. The molecule has 5 unspecified atom stereocenters. The van der Waals surface area contributed by atoms with Gasteiger partial charge < -0.3 is 33.8 Å². The Morgan fingerprint density at radius 2 is 0.530 bits per heavy atom. The van der Waals surface area contributed by atoms with Crippen LogP contribution in [0.1, 0.15) is 246 Å². The topological polar surface area (TPSA) is 237 Å². The minimum absolute atomic E-state index is 0.0246. The summed E-state index contributed by atoms with van der Waals surface area (Å²) in [5.74, 6) is -2.38. The van der Waals surface area contributed by atoms with Crippen molar-refractivity contribution in [2.75, 3.05) is 39.6 Å². The minimum atomic E-state index is -5.01. The summed E-state index contributed by atoms with van der Waals surface area (Å²) in [6.07, 6.45) is 84.8. The van der Waals surface area contributed by atoms with Gasteiger partial charge in [0.2, 0.25) is 0 Å². The van der Waals surface area contributed by atoms with Crippen LogP contribution in [-0.4, -0.2) is 96.7 Å². The Kier molecular flexibility index (Phi) is 67.4. The molecule has 0 rings (SSSR count). The summed E-state index contributed by atoms with van der Waals surface area (Å²) in [6.45, 7) is 4.23. The van der Waals surface area contributed by atoms with Gasteiger partial charge in [0.25, 0.3) is 0 Å². The summed E-state index contributed by atoms with van der Waals surface area (Å²) < 4.78 is 68.2. The molecule has 0 saturated carbocycles. The van der Waals surface area contributed by atoms with E-state index in [4.69, 9.17) is 37.0 Å². The van der Waals surface area contributed by atoms with E-state index in [1.165, 1.54) is 0 Å². The monoisotopic (exact) mass is 1430 g/mol.